The van der Waals surface area contributed by atoms with Crippen LogP contribution in [0.25, 0.3) is 0 Å². The third-order valence-electron chi connectivity index (χ3n) is 6.26. The number of hydrogen-bond acceptors (Lipinski definition) is 1. The lowest BCUT2D eigenvalue weighted by Crippen LogP contribution is -2.22. The summed E-state index contributed by atoms with van der Waals surface area (Å²) in [5, 5.41) is 0. The highest BCUT2D eigenvalue weighted by molar-refractivity contribution is 4.73. The van der Waals surface area contributed by atoms with Gasteiger partial charge in [-0.25, -0.2) is 0 Å². The van der Waals surface area contributed by atoms with Crippen molar-refractivity contribution >= 4 is 0 Å². The number of unbranched alkanes of at least 4 members (excludes halogenated alkanes) is 2. The molecule has 0 aromatic rings. The Morgan fingerprint density at radius 2 is 1.32 bits per heavy atom. The Kier molecular flexibility index (Phi) is 8.89. The smallest absolute Gasteiger partial charge is 0.0575 e. The summed E-state index contributed by atoms with van der Waals surface area (Å²) in [6.07, 6.45) is 20.4. The Labute approximate surface area is 139 Å². The molecular weight excluding hydrogens is 268 g/mol. The first kappa shape index (κ1) is 18.3. The van der Waals surface area contributed by atoms with Crippen molar-refractivity contribution in [2.24, 2.45) is 17.8 Å². The average Bonchev–Trinajstić information content (AvgIpc) is 2.55. The van der Waals surface area contributed by atoms with Gasteiger partial charge in [-0.1, -0.05) is 65.2 Å². The summed E-state index contributed by atoms with van der Waals surface area (Å²) in [5.74, 6) is 3.00. The van der Waals surface area contributed by atoms with E-state index in [1.54, 1.807) is 0 Å². The molecule has 2 aliphatic rings. The monoisotopic (exact) mass is 308 g/mol. The number of hydrogen-bond donors (Lipinski definition) is 0. The first-order chi connectivity index (χ1) is 10.8. The third-order valence-corrected chi connectivity index (χ3v) is 6.26. The topological polar surface area (TPSA) is 9.23 Å². The van der Waals surface area contributed by atoms with E-state index >= 15 is 0 Å². The molecule has 0 atom stereocenters. The van der Waals surface area contributed by atoms with Crippen LogP contribution in [0.2, 0.25) is 0 Å². The third kappa shape index (κ3) is 7.02. The van der Waals surface area contributed by atoms with E-state index in [1.165, 1.54) is 89.9 Å². The SMILES string of the molecule is CCCCC[C@H]1CC[C@H](OCCC[C@H]2CC[C@H](C)CC2)CC1. The van der Waals surface area contributed by atoms with Crippen molar-refractivity contribution in [3.05, 3.63) is 0 Å². The molecule has 22 heavy (non-hydrogen) atoms. The summed E-state index contributed by atoms with van der Waals surface area (Å²) < 4.78 is 6.17. The molecule has 0 N–H and O–H groups in total. The van der Waals surface area contributed by atoms with Crippen LogP contribution < -0.4 is 0 Å². The van der Waals surface area contributed by atoms with Gasteiger partial charge in [-0.3, -0.25) is 0 Å². The molecule has 0 amide bonds. The van der Waals surface area contributed by atoms with Crippen LogP contribution in [0.1, 0.15) is 104 Å². The Morgan fingerprint density at radius 1 is 0.727 bits per heavy atom. The van der Waals surface area contributed by atoms with Crippen LogP contribution in [-0.2, 0) is 4.74 Å². The standard InChI is InChI=1S/C21H40O/c1-3-4-5-7-19-13-15-21(16-14-19)22-17-6-8-20-11-9-18(2)10-12-20/h18-21H,3-17H2,1-2H3/t18-,19-,20-,21-. The molecule has 0 unspecified atom stereocenters. The van der Waals surface area contributed by atoms with Crippen LogP contribution in [0.5, 0.6) is 0 Å². The summed E-state index contributed by atoms with van der Waals surface area (Å²) >= 11 is 0. The Hall–Kier alpha value is -0.0400. The molecule has 1 heteroatoms. The van der Waals surface area contributed by atoms with E-state index in [0.29, 0.717) is 6.10 Å². The minimum Gasteiger partial charge on any atom is -0.378 e. The van der Waals surface area contributed by atoms with Crippen LogP contribution in [0.4, 0.5) is 0 Å². The molecule has 0 bridgehead atoms. The largest absolute Gasteiger partial charge is 0.378 e. The van der Waals surface area contributed by atoms with Crippen LogP contribution >= 0.6 is 0 Å². The summed E-state index contributed by atoms with van der Waals surface area (Å²) in [7, 11) is 0. The lowest BCUT2D eigenvalue weighted by atomic mass is 9.81. The van der Waals surface area contributed by atoms with Gasteiger partial charge in [0.25, 0.3) is 0 Å². The zero-order chi connectivity index (χ0) is 15.6. The molecule has 2 rings (SSSR count). The molecule has 0 spiro atoms. The molecule has 0 heterocycles. The maximum Gasteiger partial charge on any atom is 0.0575 e. The first-order valence-electron chi connectivity index (χ1n) is 10.4. The molecule has 1 nitrogen and oxygen atoms in total. The van der Waals surface area contributed by atoms with Crippen LogP contribution in [0, 0.1) is 17.8 Å². The molecule has 0 aromatic heterocycles. The molecule has 2 fully saturated rings. The molecule has 0 aliphatic heterocycles. The Morgan fingerprint density at radius 3 is 1.95 bits per heavy atom. The van der Waals surface area contributed by atoms with Gasteiger partial charge < -0.3 is 4.74 Å². The van der Waals surface area contributed by atoms with Crippen molar-refractivity contribution in [3.63, 3.8) is 0 Å². The molecule has 0 radical (unpaired) electrons. The van der Waals surface area contributed by atoms with Crippen molar-refractivity contribution in [2.45, 2.75) is 110 Å². The van der Waals surface area contributed by atoms with Crippen LogP contribution in [-0.4, -0.2) is 12.7 Å². The van der Waals surface area contributed by atoms with Gasteiger partial charge in [-0.2, -0.15) is 0 Å². The lowest BCUT2D eigenvalue weighted by Gasteiger charge is -2.29. The van der Waals surface area contributed by atoms with Crippen molar-refractivity contribution in [1.82, 2.24) is 0 Å². The molecule has 130 valence electrons. The maximum absolute atomic E-state index is 6.17. The van der Waals surface area contributed by atoms with Crippen molar-refractivity contribution in [1.29, 1.82) is 0 Å². The van der Waals surface area contributed by atoms with E-state index in [4.69, 9.17) is 4.74 Å². The molecule has 0 saturated heterocycles. The first-order valence-corrected chi connectivity index (χ1v) is 10.4. The minimum atomic E-state index is 0.591. The van der Waals surface area contributed by atoms with E-state index in [0.717, 1.165) is 24.4 Å². The maximum atomic E-state index is 6.17. The highest BCUT2D eigenvalue weighted by Crippen LogP contribution is 2.32. The van der Waals surface area contributed by atoms with Crippen molar-refractivity contribution in [3.8, 4) is 0 Å². The van der Waals surface area contributed by atoms with Gasteiger partial charge >= 0.3 is 0 Å². The van der Waals surface area contributed by atoms with Gasteiger partial charge in [0, 0.05) is 6.61 Å². The molecular formula is C21H40O. The summed E-state index contributed by atoms with van der Waals surface area (Å²) in [4.78, 5) is 0. The fourth-order valence-electron chi connectivity index (χ4n) is 4.51. The second kappa shape index (κ2) is 10.7. The summed E-state index contributed by atoms with van der Waals surface area (Å²) in [6.45, 7) is 5.74. The van der Waals surface area contributed by atoms with Crippen LogP contribution in [0.15, 0.2) is 0 Å². The molecule has 0 aromatic carbocycles. The molecule has 2 saturated carbocycles. The summed E-state index contributed by atoms with van der Waals surface area (Å²) in [5.41, 5.74) is 0. The zero-order valence-corrected chi connectivity index (χ0v) is 15.3. The molecule has 2 aliphatic carbocycles. The van der Waals surface area contributed by atoms with Gasteiger partial charge in [0.1, 0.15) is 0 Å². The van der Waals surface area contributed by atoms with Crippen molar-refractivity contribution < 1.29 is 4.74 Å². The fourth-order valence-corrected chi connectivity index (χ4v) is 4.51. The van der Waals surface area contributed by atoms with Gasteiger partial charge in [-0.15, -0.1) is 0 Å². The predicted molar refractivity (Wildman–Crippen MR) is 96.2 cm³/mol. The second-order valence-corrected chi connectivity index (χ2v) is 8.28. The van der Waals surface area contributed by atoms with E-state index < -0.39 is 0 Å². The summed E-state index contributed by atoms with van der Waals surface area (Å²) in [6, 6.07) is 0. The highest BCUT2D eigenvalue weighted by atomic mass is 16.5. The lowest BCUT2D eigenvalue weighted by molar-refractivity contribution is 0.0132. The fraction of sp³-hybridized carbons (Fsp3) is 1.00. The van der Waals surface area contributed by atoms with E-state index in [2.05, 4.69) is 13.8 Å². The van der Waals surface area contributed by atoms with E-state index in [-0.39, 0.29) is 0 Å². The predicted octanol–water partition coefficient (Wildman–Crippen LogP) is 6.75. The van der Waals surface area contributed by atoms with Crippen molar-refractivity contribution in [2.75, 3.05) is 6.61 Å². The van der Waals surface area contributed by atoms with E-state index in [9.17, 15) is 0 Å². The quantitative estimate of drug-likeness (QED) is 0.428. The number of ether oxygens (including phenoxy) is 1. The zero-order valence-electron chi connectivity index (χ0n) is 15.3. The van der Waals surface area contributed by atoms with E-state index in [1.807, 2.05) is 0 Å². The normalized spacial score (nSPS) is 33.0. The number of rotatable bonds is 9. The Balaban J connectivity index is 1.45. The van der Waals surface area contributed by atoms with Gasteiger partial charge in [0.05, 0.1) is 6.10 Å². The van der Waals surface area contributed by atoms with Gasteiger partial charge in [0.2, 0.25) is 0 Å². The van der Waals surface area contributed by atoms with Gasteiger partial charge in [0.15, 0.2) is 0 Å². The second-order valence-electron chi connectivity index (χ2n) is 8.28. The van der Waals surface area contributed by atoms with Gasteiger partial charge in [-0.05, 0) is 56.3 Å². The Bertz CT molecular complexity index is 259. The average molecular weight is 309 g/mol. The minimum absolute atomic E-state index is 0.591. The highest BCUT2D eigenvalue weighted by Gasteiger charge is 2.21. The van der Waals surface area contributed by atoms with Crippen LogP contribution in [0.3, 0.4) is 0 Å².